The average molecular weight is 360 g/mol. The molecule has 2 saturated heterocycles. The van der Waals surface area contributed by atoms with Gasteiger partial charge in [0.15, 0.2) is 6.29 Å². The Labute approximate surface area is 135 Å². The molecule has 24 heavy (non-hydrogen) atoms. The van der Waals surface area contributed by atoms with E-state index in [0.717, 1.165) is 0 Å². The molecule has 0 saturated carbocycles. The van der Waals surface area contributed by atoms with Crippen molar-refractivity contribution < 1.29 is 59.5 Å². The molecule has 0 aliphatic carbocycles. The van der Waals surface area contributed by atoms with Crippen molar-refractivity contribution in [3.63, 3.8) is 0 Å². The van der Waals surface area contributed by atoms with Gasteiger partial charge in [0.05, 0.1) is 13.2 Å². The first-order chi connectivity index (χ1) is 11.2. The summed E-state index contributed by atoms with van der Waals surface area (Å²) in [4.78, 5) is 0. The minimum Gasteiger partial charge on any atom is -0.394 e. The van der Waals surface area contributed by atoms with Gasteiger partial charge in [-0.2, -0.15) is 0 Å². The number of aliphatic hydroxyl groups excluding tert-OH is 8. The van der Waals surface area contributed by atoms with E-state index in [1.165, 1.54) is 0 Å². The summed E-state index contributed by atoms with van der Waals surface area (Å²) in [6.07, 6.45) is -17.4. The quantitative estimate of drug-likeness (QED) is 0.234. The maximum absolute atomic E-state index is 13.7. The van der Waals surface area contributed by atoms with Crippen LogP contribution in [0, 0.1) is 0 Å². The van der Waals surface area contributed by atoms with E-state index in [1.807, 2.05) is 0 Å². The predicted molar refractivity (Wildman–Crippen MR) is 68.7 cm³/mol. The Hall–Kier alpha value is -0.510. The zero-order valence-corrected chi connectivity index (χ0v) is 12.3. The number of alkyl halides is 1. The topological polar surface area (TPSA) is 190 Å². The summed E-state index contributed by atoms with van der Waals surface area (Å²) in [5, 5.41) is 76.2. The second-order valence-electron chi connectivity index (χ2n) is 5.65. The maximum atomic E-state index is 13.7. The van der Waals surface area contributed by atoms with E-state index < -0.39 is 74.4 Å². The lowest BCUT2D eigenvalue weighted by Gasteiger charge is -2.43. The molecule has 0 amide bonds. The lowest BCUT2D eigenvalue weighted by atomic mass is 9.99. The number of aliphatic hydroxyl groups is 8. The third kappa shape index (κ3) is 3.15. The molecule has 0 aromatic heterocycles. The van der Waals surface area contributed by atoms with Crippen molar-refractivity contribution in [1.29, 1.82) is 0 Å². The van der Waals surface area contributed by atoms with Crippen molar-refractivity contribution in [1.82, 2.24) is 0 Å². The van der Waals surface area contributed by atoms with E-state index in [4.69, 9.17) is 24.4 Å². The van der Waals surface area contributed by atoms with Gasteiger partial charge in [-0.1, -0.05) is 0 Å². The van der Waals surface area contributed by atoms with Gasteiger partial charge in [0, 0.05) is 0 Å². The van der Waals surface area contributed by atoms with Gasteiger partial charge in [0.25, 0.3) is 12.1 Å². The monoisotopic (exact) mass is 360 g/mol. The molecule has 1 unspecified atom stereocenters. The van der Waals surface area contributed by atoms with E-state index in [9.17, 15) is 35.0 Å². The molecule has 2 fully saturated rings. The van der Waals surface area contributed by atoms with E-state index in [2.05, 4.69) is 0 Å². The molecular formula is C12H21FO11. The summed E-state index contributed by atoms with van der Waals surface area (Å²) in [6, 6.07) is 0. The van der Waals surface area contributed by atoms with Crippen LogP contribution in [-0.4, -0.2) is 115 Å². The summed E-state index contributed by atoms with van der Waals surface area (Å²) < 4.78 is 28.5. The van der Waals surface area contributed by atoms with Crippen LogP contribution in [0.2, 0.25) is 0 Å². The van der Waals surface area contributed by atoms with Gasteiger partial charge in [-0.25, -0.2) is 4.39 Å². The first-order valence-electron chi connectivity index (χ1n) is 7.14. The van der Waals surface area contributed by atoms with E-state index in [1.54, 1.807) is 0 Å². The largest absolute Gasteiger partial charge is 0.394 e. The molecule has 10 atom stereocenters. The Morgan fingerprint density at radius 3 is 1.96 bits per heavy atom. The smallest absolute Gasteiger partial charge is 0.257 e. The van der Waals surface area contributed by atoms with Gasteiger partial charge in [0.2, 0.25) is 0 Å². The van der Waals surface area contributed by atoms with Gasteiger partial charge in [0.1, 0.15) is 42.7 Å². The van der Waals surface area contributed by atoms with Gasteiger partial charge in [-0.15, -0.1) is 0 Å². The number of rotatable bonds is 5. The van der Waals surface area contributed by atoms with Crippen LogP contribution >= 0.6 is 0 Å². The molecule has 11 nitrogen and oxygen atoms in total. The highest BCUT2D eigenvalue weighted by atomic mass is 19.1. The van der Waals surface area contributed by atoms with Gasteiger partial charge < -0.3 is 55.1 Å². The summed E-state index contributed by atoms with van der Waals surface area (Å²) in [7, 11) is 0. The Bertz CT molecular complexity index is 424. The summed E-state index contributed by atoms with van der Waals surface area (Å²) in [6.45, 7) is -1.63. The third-order valence-corrected chi connectivity index (χ3v) is 4.11. The highest BCUT2D eigenvalue weighted by Gasteiger charge is 2.62. The number of hydrogen-bond acceptors (Lipinski definition) is 11. The molecule has 142 valence electrons. The molecule has 2 rings (SSSR count). The molecule has 0 aromatic carbocycles. The molecule has 0 bridgehead atoms. The minimum atomic E-state index is -3.04. The highest BCUT2D eigenvalue weighted by Crippen LogP contribution is 2.38. The molecule has 12 heteroatoms. The van der Waals surface area contributed by atoms with Crippen molar-refractivity contribution >= 4 is 0 Å². The lowest BCUT2D eigenvalue weighted by molar-refractivity contribution is -0.408. The first-order valence-corrected chi connectivity index (χ1v) is 7.14. The SMILES string of the molecule is OC[C@H]1O[C@](O[C@H]2O[C@H](CO)[C@@H](O)[C@H](O)[C@H]2O)(C(O)F)[C@@H](O)[C@@H]1O. The highest BCUT2D eigenvalue weighted by molar-refractivity contribution is 4.99. The van der Waals surface area contributed by atoms with Crippen LogP contribution in [0.4, 0.5) is 4.39 Å². The van der Waals surface area contributed by atoms with Crippen LogP contribution < -0.4 is 0 Å². The van der Waals surface area contributed by atoms with Crippen molar-refractivity contribution in [2.24, 2.45) is 0 Å². The summed E-state index contributed by atoms with van der Waals surface area (Å²) in [5.41, 5.74) is 0. The molecule has 2 aliphatic heterocycles. The standard InChI is InChI=1S/C12H21FO11/c13-11(21)12(9(20)6(17)4(2-15)23-12)24-10-8(19)7(18)5(16)3(1-14)22-10/h3-11,14-21H,1-2H2/t3-,4-,5-,6-,7+,8-,9+,10-,11?,12-/m1/s1. The second-order valence-corrected chi connectivity index (χ2v) is 5.65. The van der Waals surface area contributed by atoms with Crippen molar-refractivity contribution in [2.75, 3.05) is 13.2 Å². The summed E-state index contributed by atoms with van der Waals surface area (Å²) in [5.74, 6) is -2.93. The zero-order valence-electron chi connectivity index (χ0n) is 12.3. The molecule has 0 aromatic rings. The van der Waals surface area contributed by atoms with Gasteiger partial charge in [-0.05, 0) is 0 Å². The Morgan fingerprint density at radius 1 is 0.917 bits per heavy atom. The van der Waals surface area contributed by atoms with Crippen LogP contribution in [0.1, 0.15) is 0 Å². The van der Waals surface area contributed by atoms with Crippen molar-refractivity contribution in [3.05, 3.63) is 0 Å². The fourth-order valence-corrected chi connectivity index (χ4v) is 2.66. The average Bonchev–Trinajstić information content (AvgIpc) is 2.81. The number of hydrogen-bond donors (Lipinski definition) is 8. The Morgan fingerprint density at radius 2 is 1.50 bits per heavy atom. The zero-order chi connectivity index (χ0) is 18.2. The minimum absolute atomic E-state index is 0.790. The Kier molecular flexibility index (Phi) is 6.10. The predicted octanol–water partition coefficient (Wildman–Crippen LogP) is -5.10. The third-order valence-electron chi connectivity index (χ3n) is 4.11. The molecule has 2 aliphatic rings. The molecule has 2 heterocycles. The number of ether oxygens (including phenoxy) is 3. The fourth-order valence-electron chi connectivity index (χ4n) is 2.66. The number of halogens is 1. The molecule has 8 N–H and O–H groups in total. The van der Waals surface area contributed by atoms with Crippen LogP contribution in [0.25, 0.3) is 0 Å². The normalized spacial score (nSPS) is 50.9. The fraction of sp³-hybridized carbons (Fsp3) is 1.00. The Balaban J connectivity index is 2.25. The van der Waals surface area contributed by atoms with Gasteiger partial charge in [-0.3, -0.25) is 0 Å². The van der Waals surface area contributed by atoms with E-state index in [0.29, 0.717) is 0 Å². The first kappa shape index (κ1) is 19.8. The van der Waals surface area contributed by atoms with Crippen LogP contribution in [-0.2, 0) is 14.2 Å². The van der Waals surface area contributed by atoms with Crippen molar-refractivity contribution in [3.8, 4) is 0 Å². The molecule has 0 radical (unpaired) electrons. The molecular weight excluding hydrogens is 339 g/mol. The maximum Gasteiger partial charge on any atom is 0.257 e. The van der Waals surface area contributed by atoms with Crippen molar-refractivity contribution in [2.45, 2.75) is 61.2 Å². The van der Waals surface area contributed by atoms with Crippen LogP contribution in [0.5, 0.6) is 0 Å². The van der Waals surface area contributed by atoms with E-state index >= 15 is 0 Å². The van der Waals surface area contributed by atoms with Gasteiger partial charge >= 0.3 is 0 Å². The van der Waals surface area contributed by atoms with Crippen LogP contribution in [0.15, 0.2) is 0 Å². The second kappa shape index (κ2) is 7.39. The summed E-state index contributed by atoms with van der Waals surface area (Å²) >= 11 is 0. The van der Waals surface area contributed by atoms with E-state index in [-0.39, 0.29) is 0 Å². The molecule has 0 spiro atoms. The lowest BCUT2D eigenvalue weighted by Crippen LogP contribution is -2.63. The van der Waals surface area contributed by atoms with Crippen LogP contribution in [0.3, 0.4) is 0 Å².